The molecule has 0 aromatic heterocycles. The summed E-state index contributed by atoms with van der Waals surface area (Å²) in [6.45, 7) is 20.3. The van der Waals surface area contributed by atoms with Gasteiger partial charge < -0.3 is 30.9 Å². The van der Waals surface area contributed by atoms with E-state index in [1.165, 1.54) is 11.8 Å². The van der Waals surface area contributed by atoms with Gasteiger partial charge >= 0.3 is 11.9 Å². The summed E-state index contributed by atoms with van der Waals surface area (Å²) in [6, 6.07) is -2.40. The molecule has 0 aromatic rings. The Morgan fingerprint density at radius 2 is 1.37 bits per heavy atom. The predicted octanol–water partition coefficient (Wildman–Crippen LogP) is 4.23. The first-order chi connectivity index (χ1) is 19.4. The molecule has 0 rings (SSSR count). The molecular formula is C31H57N3O8S. The van der Waals surface area contributed by atoms with Gasteiger partial charge in [-0.25, -0.2) is 4.79 Å². The van der Waals surface area contributed by atoms with Crippen LogP contribution < -0.4 is 16.0 Å². The average molecular weight is 632 g/mol. The Bertz CT molecular complexity index is 938. The number of hydrogen-bond acceptors (Lipinski definition) is 7. The van der Waals surface area contributed by atoms with Gasteiger partial charge in [-0.3, -0.25) is 19.2 Å². The van der Waals surface area contributed by atoms with Crippen LogP contribution in [0.4, 0.5) is 0 Å². The van der Waals surface area contributed by atoms with Crippen molar-refractivity contribution in [3.63, 3.8) is 0 Å². The fourth-order valence-corrected chi connectivity index (χ4v) is 4.86. The highest BCUT2D eigenvalue weighted by molar-refractivity contribution is 7.99. The standard InChI is InChI=1S/C31H57N3O8S/c1-28(2,3)14-13-23(35)32-17-15-31(9,10)42-18-16-30(7,8)27(41)34-21(11-12-24(36)37)25(38)33-22(26(39)40)19-43-20-29(4,5)6/h21-22H,11-20H2,1-10H3,(H,32,35)(H,33,38)(H,34,41)(H,36,37)(H,39,40)/t21-,22-/m0/s1. The molecule has 0 aliphatic carbocycles. The second-order valence-corrected chi connectivity index (χ2v) is 15.9. The number of aliphatic carboxylic acids is 2. The molecule has 11 nitrogen and oxygen atoms in total. The van der Waals surface area contributed by atoms with E-state index in [0.29, 0.717) is 31.6 Å². The molecule has 0 aliphatic heterocycles. The van der Waals surface area contributed by atoms with E-state index in [1.54, 1.807) is 13.8 Å². The maximum atomic E-state index is 13.2. The zero-order valence-electron chi connectivity index (χ0n) is 28.0. The summed E-state index contributed by atoms with van der Waals surface area (Å²) in [5.41, 5.74) is -1.45. The Morgan fingerprint density at radius 1 is 0.767 bits per heavy atom. The Balaban J connectivity index is 5.07. The van der Waals surface area contributed by atoms with Crippen LogP contribution in [-0.2, 0) is 28.7 Å². The molecule has 5 N–H and O–H groups in total. The molecule has 43 heavy (non-hydrogen) atoms. The molecule has 3 amide bonds. The Morgan fingerprint density at radius 3 is 1.88 bits per heavy atom. The third kappa shape index (κ3) is 20.3. The highest BCUT2D eigenvalue weighted by Gasteiger charge is 2.34. The van der Waals surface area contributed by atoms with Gasteiger partial charge in [0.15, 0.2) is 0 Å². The highest BCUT2D eigenvalue weighted by atomic mass is 32.2. The van der Waals surface area contributed by atoms with E-state index in [2.05, 4.69) is 36.7 Å². The van der Waals surface area contributed by atoms with Crippen LogP contribution in [0.3, 0.4) is 0 Å². The first kappa shape index (κ1) is 40.7. The fraction of sp³-hybridized carbons (Fsp3) is 0.839. The Labute approximate surface area is 262 Å². The zero-order valence-corrected chi connectivity index (χ0v) is 28.8. The monoisotopic (exact) mass is 631 g/mol. The van der Waals surface area contributed by atoms with Crippen LogP contribution in [0.25, 0.3) is 0 Å². The number of carboxylic acid groups (broad SMARTS) is 2. The first-order valence-electron chi connectivity index (χ1n) is 15.0. The van der Waals surface area contributed by atoms with Crippen molar-refractivity contribution in [2.24, 2.45) is 16.2 Å². The van der Waals surface area contributed by atoms with E-state index in [1.807, 2.05) is 34.6 Å². The third-order valence-corrected chi connectivity index (χ3v) is 8.33. The second kappa shape index (κ2) is 17.8. The summed E-state index contributed by atoms with van der Waals surface area (Å²) in [7, 11) is 0. The molecular weight excluding hydrogens is 574 g/mol. The lowest BCUT2D eigenvalue weighted by atomic mass is 9.88. The van der Waals surface area contributed by atoms with E-state index in [0.717, 1.165) is 6.42 Å². The molecule has 0 radical (unpaired) electrons. The molecule has 0 saturated heterocycles. The van der Waals surface area contributed by atoms with Gasteiger partial charge in [0.2, 0.25) is 17.7 Å². The van der Waals surface area contributed by atoms with Crippen LogP contribution in [-0.4, -0.2) is 82.2 Å². The number of carboxylic acids is 2. The number of ether oxygens (including phenoxy) is 1. The van der Waals surface area contributed by atoms with Gasteiger partial charge in [0, 0.05) is 37.2 Å². The van der Waals surface area contributed by atoms with Crippen LogP contribution in [0.2, 0.25) is 0 Å². The minimum atomic E-state index is -1.21. The molecule has 0 unspecified atom stereocenters. The average Bonchev–Trinajstić information content (AvgIpc) is 2.82. The minimum Gasteiger partial charge on any atom is -0.481 e. The quantitative estimate of drug-likeness (QED) is 0.132. The number of amides is 3. The van der Waals surface area contributed by atoms with Crippen molar-refractivity contribution < 1.29 is 38.9 Å². The maximum absolute atomic E-state index is 13.2. The Kier molecular flexibility index (Phi) is 16.9. The molecule has 0 aromatic carbocycles. The summed E-state index contributed by atoms with van der Waals surface area (Å²) in [5, 5.41) is 26.8. The van der Waals surface area contributed by atoms with Gasteiger partial charge in [0.05, 0.1) is 5.60 Å². The second-order valence-electron chi connectivity index (χ2n) is 14.8. The normalized spacial score (nSPS) is 14.0. The minimum absolute atomic E-state index is 0.00311. The molecule has 0 saturated carbocycles. The van der Waals surface area contributed by atoms with Gasteiger partial charge in [0.1, 0.15) is 12.1 Å². The van der Waals surface area contributed by atoms with E-state index in [9.17, 15) is 29.1 Å². The molecule has 0 bridgehead atoms. The Hall–Kier alpha value is -2.34. The summed E-state index contributed by atoms with van der Waals surface area (Å²) in [6.07, 6.45) is 1.60. The van der Waals surface area contributed by atoms with E-state index in [-0.39, 0.29) is 41.9 Å². The number of rotatable bonds is 20. The number of carbonyl (C=O) groups is 5. The van der Waals surface area contributed by atoms with Gasteiger partial charge in [-0.2, -0.15) is 11.8 Å². The van der Waals surface area contributed by atoms with Crippen LogP contribution in [0.15, 0.2) is 0 Å². The predicted molar refractivity (Wildman–Crippen MR) is 170 cm³/mol. The van der Waals surface area contributed by atoms with E-state index in [4.69, 9.17) is 9.84 Å². The molecule has 250 valence electrons. The van der Waals surface area contributed by atoms with Crippen molar-refractivity contribution in [2.75, 3.05) is 24.7 Å². The van der Waals surface area contributed by atoms with Gasteiger partial charge in [-0.15, -0.1) is 0 Å². The van der Waals surface area contributed by atoms with Crippen LogP contribution in [0.1, 0.15) is 108 Å². The number of carbonyl (C=O) groups excluding carboxylic acids is 3. The summed E-state index contributed by atoms with van der Waals surface area (Å²) < 4.78 is 6.03. The topological polar surface area (TPSA) is 171 Å². The van der Waals surface area contributed by atoms with Crippen LogP contribution >= 0.6 is 11.8 Å². The molecule has 0 spiro atoms. The SMILES string of the molecule is CC(C)(C)CCC(=O)NCCC(C)(C)OCCC(C)(C)C(=O)N[C@@H](CCC(=O)O)C(=O)N[C@@H](CSCC(C)(C)C)C(=O)O. The number of thioether (sulfide) groups is 1. The molecule has 12 heteroatoms. The van der Waals surface area contributed by atoms with Crippen molar-refractivity contribution >= 4 is 41.4 Å². The van der Waals surface area contributed by atoms with Crippen molar-refractivity contribution in [2.45, 2.75) is 125 Å². The fourth-order valence-electron chi connectivity index (χ4n) is 3.67. The van der Waals surface area contributed by atoms with Gasteiger partial charge in [-0.1, -0.05) is 55.4 Å². The van der Waals surface area contributed by atoms with Crippen molar-refractivity contribution in [1.29, 1.82) is 0 Å². The highest BCUT2D eigenvalue weighted by Crippen LogP contribution is 2.25. The van der Waals surface area contributed by atoms with E-state index >= 15 is 0 Å². The summed E-state index contributed by atoms with van der Waals surface area (Å²) in [4.78, 5) is 61.3. The van der Waals surface area contributed by atoms with Crippen molar-refractivity contribution in [1.82, 2.24) is 16.0 Å². The van der Waals surface area contributed by atoms with Crippen LogP contribution in [0.5, 0.6) is 0 Å². The molecule has 0 heterocycles. The zero-order chi connectivity index (χ0) is 33.6. The van der Waals surface area contributed by atoms with Gasteiger partial charge in [0.25, 0.3) is 0 Å². The van der Waals surface area contributed by atoms with E-state index < -0.39 is 46.9 Å². The molecule has 0 aliphatic rings. The summed E-state index contributed by atoms with van der Waals surface area (Å²) in [5.74, 6) is -2.73. The van der Waals surface area contributed by atoms with Crippen molar-refractivity contribution in [3.8, 4) is 0 Å². The smallest absolute Gasteiger partial charge is 0.327 e. The lowest BCUT2D eigenvalue weighted by molar-refractivity contribution is -0.143. The number of nitrogens with one attached hydrogen (secondary N) is 3. The molecule has 2 atom stereocenters. The maximum Gasteiger partial charge on any atom is 0.327 e. The van der Waals surface area contributed by atoms with Crippen molar-refractivity contribution in [3.05, 3.63) is 0 Å². The first-order valence-corrected chi connectivity index (χ1v) is 16.1. The summed E-state index contributed by atoms with van der Waals surface area (Å²) >= 11 is 1.40. The number of hydrogen-bond donors (Lipinski definition) is 5. The van der Waals surface area contributed by atoms with Gasteiger partial charge in [-0.05, 0) is 56.1 Å². The van der Waals surface area contributed by atoms with Crippen LogP contribution in [0, 0.1) is 16.2 Å². The largest absolute Gasteiger partial charge is 0.481 e. The lowest BCUT2D eigenvalue weighted by Gasteiger charge is -2.30. The lowest BCUT2D eigenvalue weighted by Crippen LogP contribution is -2.54. The molecule has 0 fully saturated rings. The third-order valence-electron chi connectivity index (χ3n) is 6.69.